The van der Waals surface area contributed by atoms with Crippen LogP contribution in [0.3, 0.4) is 0 Å². The minimum absolute atomic E-state index is 0.0198. The van der Waals surface area contributed by atoms with Crippen molar-refractivity contribution < 1.29 is 14.4 Å². The van der Waals surface area contributed by atoms with Crippen LogP contribution in [0.5, 0.6) is 0 Å². The maximum absolute atomic E-state index is 14.0. The summed E-state index contributed by atoms with van der Waals surface area (Å²) >= 11 is 12.3. The van der Waals surface area contributed by atoms with Crippen molar-refractivity contribution in [2.75, 3.05) is 11.4 Å². The fourth-order valence-electron chi connectivity index (χ4n) is 6.36. The quantitative estimate of drug-likeness (QED) is 0.325. The Morgan fingerprint density at radius 3 is 2.30 bits per heavy atom. The summed E-state index contributed by atoms with van der Waals surface area (Å²) in [7, 11) is 0. The molecule has 0 aromatic heterocycles. The fourth-order valence-corrected chi connectivity index (χ4v) is 6.61. The number of carbonyl (C=O) groups excluding carboxylic acids is 3. The van der Waals surface area contributed by atoms with Gasteiger partial charge in [-0.05, 0) is 78.4 Å². The Labute approximate surface area is 258 Å². The van der Waals surface area contributed by atoms with Gasteiger partial charge in [-0.2, -0.15) is 10.2 Å². The van der Waals surface area contributed by atoms with E-state index < -0.39 is 23.9 Å². The van der Waals surface area contributed by atoms with Gasteiger partial charge >= 0.3 is 0 Å². The molecule has 2 fully saturated rings. The number of hydrogen-bond donors (Lipinski definition) is 0. The molecular weight excluding hydrogens is 587 g/mol. The zero-order valence-electron chi connectivity index (χ0n) is 22.9. The lowest BCUT2D eigenvalue weighted by Gasteiger charge is -2.30. The van der Waals surface area contributed by atoms with Crippen LogP contribution in [-0.2, 0) is 14.4 Å². The minimum atomic E-state index is -0.992. The lowest BCUT2D eigenvalue weighted by Crippen LogP contribution is -2.45. The van der Waals surface area contributed by atoms with Crippen LogP contribution < -0.4 is 4.90 Å². The first kappa shape index (κ1) is 27.5. The molecule has 9 nitrogen and oxygen atoms in total. The Morgan fingerprint density at radius 1 is 0.884 bits per heavy atom. The molecule has 7 rings (SSSR count). The van der Waals surface area contributed by atoms with Crippen molar-refractivity contribution in [2.45, 2.75) is 37.4 Å². The largest absolute Gasteiger partial charge is 0.271 e. The molecule has 3 aliphatic heterocycles. The van der Waals surface area contributed by atoms with Gasteiger partial charge in [0.25, 0.3) is 17.7 Å². The Hall–Kier alpha value is -4.34. The second-order valence-corrected chi connectivity index (χ2v) is 11.9. The molecule has 4 unspecified atom stereocenters. The predicted octanol–water partition coefficient (Wildman–Crippen LogP) is 6.11. The molecule has 1 aliphatic carbocycles. The Morgan fingerprint density at radius 2 is 1.58 bits per heavy atom. The lowest BCUT2D eigenvalue weighted by molar-refractivity contribution is -0.136. The van der Waals surface area contributed by atoms with Gasteiger partial charge in [0.1, 0.15) is 6.54 Å². The fraction of sp³-hybridized carbons (Fsp3) is 0.250. The maximum Gasteiger partial charge on any atom is 0.264 e. The van der Waals surface area contributed by atoms with Crippen molar-refractivity contribution in [1.29, 1.82) is 0 Å². The molecule has 1 saturated heterocycles. The van der Waals surface area contributed by atoms with Gasteiger partial charge in [-0.3, -0.25) is 19.4 Å². The summed E-state index contributed by atoms with van der Waals surface area (Å²) in [6.45, 7) is -0.254. The topological polar surface area (TPSA) is 98.0 Å². The highest BCUT2D eigenvalue weighted by atomic mass is 35.5. The summed E-state index contributed by atoms with van der Waals surface area (Å²) in [4.78, 5) is 41.7. The third-order valence-corrected chi connectivity index (χ3v) is 8.85. The summed E-state index contributed by atoms with van der Waals surface area (Å²) in [5.41, 5.74) is 4.33. The van der Waals surface area contributed by atoms with Gasteiger partial charge in [0, 0.05) is 16.0 Å². The first-order valence-electron chi connectivity index (χ1n) is 14.1. The van der Waals surface area contributed by atoms with Gasteiger partial charge in [-0.25, -0.2) is 9.91 Å². The maximum atomic E-state index is 14.0. The second-order valence-electron chi connectivity index (χ2n) is 11.0. The Balaban J connectivity index is 1.19. The summed E-state index contributed by atoms with van der Waals surface area (Å²) in [6.07, 6.45) is 4.75. The number of amides is 3. The monoisotopic (exact) mass is 612 g/mol. The minimum Gasteiger partial charge on any atom is -0.271 e. The molecule has 216 valence electrons. The van der Waals surface area contributed by atoms with E-state index in [0.29, 0.717) is 15.7 Å². The molecule has 0 radical (unpaired) electrons. The van der Waals surface area contributed by atoms with E-state index in [4.69, 9.17) is 28.3 Å². The normalized spacial score (nSPS) is 25.4. The van der Waals surface area contributed by atoms with E-state index >= 15 is 0 Å². The number of fused-ring (bicyclic) bond motifs is 2. The van der Waals surface area contributed by atoms with Crippen molar-refractivity contribution in [2.24, 2.45) is 21.4 Å². The number of halogens is 2. The molecule has 4 aliphatic rings. The van der Waals surface area contributed by atoms with E-state index in [1.165, 1.54) is 10.0 Å². The molecule has 11 heteroatoms. The number of carbonyl (C=O) groups is 3. The third kappa shape index (κ3) is 4.92. The molecule has 0 spiro atoms. The number of benzene rings is 3. The third-order valence-electron chi connectivity index (χ3n) is 8.35. The molecule has 0 N–H and O–H groups in total. The van der Waals surface area contributed by atoms with Crippen molar-refractivity contribution in [3.63, 3.8) is 0 Å². The average Bonchev–Trinajstić information content (AvgIpc) is 3.68. The highest BCUT2D eigenvalue weighted by Gasteiger charge is 2.55. The molecule has 3 amide bonds. The van der Waals surface area contributed by atoms with Gasteiger partial charge in [0.15, 0.2) is 12.1 Å². The molecule has 3 heterocycles. The Kier molecular flexibility index (Phi) is 7.07. The van der Waals surface area contributed by atoms with Gasteiger partial charge in [0.2, 0.25) is 0 Å². The molecule has 4 atom stereocenters. The smallest absolute Gasteiger partial charge is 0.264 e. The average molecular weight is 614 g/mol. The highest BCUT2D eigenvalue weighted by Crippen LogP contribution is 2.45. The first-order chi connectivity index (χ1) is 20.9. The first-order valence-corrected chi connectivity index (χ1v) is 14.9. The lowest BCUT2D eigenvalue weighted by atomic mass is 9.77. The van der Waals surface area contributed by atoms with Gasteiger partial charge in [-0.1, -0.05) is 70.9 Å². The van der Waals surface area contributed by atoms with Crippen LogP contribution in [0, 0.1) is 5.92 Å². The number of imide groups is 1. The highest BCUT2D eigenvalue weighted by molar-refractivity contribution is 6.31. The zero-order valence-corrected chi connectivity index (χ0v) is 24.4. The molecule has 3 aromatic carbocycles. The van der Waals surface area contributed by atoms with Crippen LogP contribution in [0.15, 0.2) is 99.9 Å². The van der Waals surface area contributed by atoms with Crippen LogP contribution >= 0.6 is 23.2 Å². The van der Waals surface area contributed by atoms with E-state index in [1.54, 1.807) is 24.3 Å². The van der Waals surface area contributed by atoms with E-state index in [0.717, 1.165) is 46.6 Å². The van der Waals surface area contributed by atoms with Crippen LogP contribution in [0.1, 0.15) is 36.4 Å². The van der Waals surface area contributed by atoms with Gasteiger partial charge in [-0.15, -0.1) is 0 Å². The number of allylic oxidation sites excluding steroid dienone is 1. The van der Waals surface area contributed by atoms with Crippen molar-refractivity contribution in [1.82, 2.24) is 10.0 Å². The summed E-state index contributed by atoms with van der Waals surface area (Å²) in [5, 5.41) is 17.2. The molecule has 1 saturated carbocycles. The zero-order chi connectivity index (χ0) is 29.7. The number of para-hydroxylation sites is 1. The molecule has 43 heavy (non-hydrogen) atoms. The van der Waals surface area contributed by atoms with Gasteiger partial charge in [0.05, 0.1) is 17.4 Å². The van der Waals surface area contributed by atoms with E-state index in [2.05, 4.69) is 16.4 Å². The predicted molar refractivity (Wildman–Crippen MR) is 163 cm³/mol. The molecule has 3 aromatic rings. The van der Waals surface area contributed by atoms with Crippen LogP contribution in [-0.4, -0.2) is 52.1 Å². The SMILES string of the molecule is O=C1C2N=NN(CC(=O)N3N=C4C(=Cc5ccc(Cl)cc5)CCCC4C3c3ccc(Cl)cc3)C2C(=O)N1c1ccccc1. The van der Waals surface area contributed by atoms with Crippen LogP contribution in [0.4, 0.5) is 5.69 Å². The van der Waals surface area contributed by atoms with Crippen LogP contribution in [0.25, 0.3) is 6.08 Å². The number of hydrazone groups is 1. The van der Waals surface area contributed by atoms with Crippen molar-refractivity contribution >= 4 is 58.4 Å². The molecule has 0 bridgehead atoms. The van der Waals surface area contributed by atoms with Crippen LogP contribution in [0.2, 0.25) is 10.0 Å². The number of nitrogens with zero attached hydrogens (tertiary/aromatic N) is 6. The van der Waals surface area contributed by atoms with Crippen molar-refractivity contribution in [3.8, 4) is 0 Å². The second kappa shape index (κ2) is 11.1. The van der Waals surface area contributed by atoms with Gasteiger partial charge < -0.3 is 0 Å². The summed E-state index contributed by atoms with van der Waals surface area (Å²) in [5.74, 6) is -1.27. The molecular formula is C32H26Cl2N6O3. The Bertz CT molecular complexity index is 1690. The number of anilines is 1. The van der Waals surface area contributed by atoms with E-state index in [-0.39, 0.29) is 24.4 Å². The number of hydrogen-bond acceptors (Lipinski definition) is 7. The summed E-state index contributed by atoms with van der Waals surface area (Å²) in [6, 6.07) is 21.5. The summed E-state index contributed by atoms with van der Waals surface area (Å²) < 4.78 is 0. The van der Waals surface area contributed by atoms with E-state index in [1.807, 2.05) is 54.6 Å². The van der Waals surface area contributed by atoms with E-state index in [9.17, 15) is 14.4 Å². The number of rotatable bonds is 5. The van der Waals surface area contributed by atoms with Crippen molar-refractivity contribution in [3.05, 3.63) is 106 Å². The standard InChI is InChI=1S/C32H26Cl2N6O3/c33-22-13-9-19(10-14-22)17-21-5-4-8-25-27(21)36-40(29(25)20-11-15-23(34)16-12-20)26(41)18-38-30-28(35-37-38)31(42)39(32(30)43)24-6-2-1-3-7-24/h1-3,6-7,9-17,25,28-30H,4-5,8,18H2.